The van der Waals surface area contributed by atoms with E-state index in [-0.39, 0.29) is 12.1 Å². The number of carbonyl (C=O) groups is 1. The Bertz CT molecular complexity index is 299. The lowest BCUT2D eigenvalue weighted by atomic mass is 10.2. The van der Waals surface area contributed by atoms with E-state index in [1.807, 2.05) is 33.8 Å². The maximum absolute atomic E-state index is 11.8. The molecular formula is C12H19NO2. The smallest absolute Gasteiger partial charge is 0.411 e. The SMILES string of the molecule is C=CC1=CC(C)N(C(=O)OC(C)(C)C)C1. The molecule has 0 N–H and O–H groups in total. The van der Waals surface area contributed by atoms with Crippen LogP contribution in [0, 0.1) is 0 Å². The van der Waals surface area contributed by atoms with Crippen LogP contribution in [0.2, 0.25) is 0 Å². The van der Waals surface area contributed by atoms with E-state index < -0.39 is 5.60 Å². The minimum atomic E-state index is -0.437. The zero-order valence-corrected chi connectivity index (χ0v) is 9.91. The van der Waals surface area contributed by atoms with E-state index in [9.17, 15) is 4.79 Å². The molecule has 1 amide bonds. The molecule has 1 heterocycles. The highest BCUT2D eigenvalue weighted by atomic mass is 16.6. The van der Waals surface area contributed by atoms with Gasteiger partial charge < -0.3 is 4.74 Å². The van der Waals surface area contributed by atoms with Crippen molar-refractivity contribution in [1.82, 2.24) is 4.90 Å². The van der Waals surface area contributed by atoms with Gasteiger partial charge in [-0.3, -0.25) is 4.90 Å². The quantitative estimate of drug-likeness (QED) is 0.664. The van der Waals surface area contributed by atoms with Gasteiger partial charge in [-0.15, -0.1) is 0 Å². The number of rotatable bonds is 1. The first kappa shape index (κ1) is 11.8. The Hall–Kier alpha value is -1.25. The average molecular weight is 209 g/mol. The second-order valence-corrected chi connectivity index (χ2v) is 4.79. The molecule has 1 rings (SSSR count). The summed E-state index contributed by atoms with van der Waals surface area (Å²) in [5, 5.41) is 0. The fourth-order valence-corrected chi connectivity index (χ4v) is 1.48. The van der Waals surface area contributed by atoms with Crippen molar-refractivity contribution in [3.05, 3.63) is 24.3 Å². The van der Waals surface area contributed by atoms with Crippen molar-refractivity contribution in [2.24, 2.45) is 0 Å². The second kappa shape index (κ2) is 4.09. The van der Waals surface area contributed by atoms with Crippen LogP contribution >= 0.6 is 0 Å². The predicted octanol–water partition coefficient (Wildman–Crippen LogP) is 2.74. The van der Waals surface area contributed by atoms with Crippen molar-refractivity contribution in [2.45, 2.75) is 39.3 Å². The first-order valence-electron chi connectivity index (χ1n) is 5.16. The molecule has 0 aromatic rings. The van der Waals surface area contributed by atoms with Gasteiger partial charge in [-0.1, -0.05) is 18.7 Å². The fourth-order valence-electron chi connectivity index (χ4n) is 1.48. The lowest BCUT2D eigenvalue weighted by molar-refractivity contribution is 0.0251. The largest absolute Gasteiger partial charge is 0.444 e. The van der Waals surface area contributed by atoms with E-state index in [1.54, 1.807) is 11.0 Å². The van der Waals surface area contributed by atoms with Crippen LogP contribution in [0.3, 0.4) is 0 Å². The molecule has 84 valence electrons. The van der Waals surface area contributed by atoms with Crippen molar-refractivity contribution in [1.29, 1.82) is 0 Å². The Labute approximate surface area is 91.4 Å². The van der Waals surface area contributed by atoms with E-state index in [2.05, 4.69) is 6.58 Å². The van der Waals surface area contributed by atoms with Gasteiger partial charge in [0, 0.05) is 6.54 Å². The summed E-state index contributed by atoms with van der Waals surface area (Å²) in [7, 11) is 0. The number of carbonyl (C=O) groups excluding carboxylic acids is 1. The Morgan fingerprint density at radius 2 is 2.27 bits per heavy atom. The van der Waals surface area contributed by atoms with Crippen molar-refractivity contribution in [3.8, 4) is 0 Å². The zero-order chi connectivity index (χ0) is 11.6. The molecule has 0 aromatic heterocycles. The van der Waals surface area contributed by atoms with E-state index in [1.165, 1.54) is 0 Å². The third-order valence-corrected chi connectivity index (χ3v) is 2.19. The lowest BCUT2D eigenvalue weighted by Crippen LogP contribution is -2.39. The summed E-state index contributed by atoms with van der Waals surface area (Å²) in [6, 6.07) is 0.0906. The standard InChI is InChI=1S/C12H19NO2/c1-6-10-7-9(2)13(8-10)11(14)15-12(3,4)5/h6-7,9H,1,8H2,2-5H3. The van der Waals surface area contributed by atoms with Gasteiger partial charge in [-0.05, 0) is 33.3 Å². The van der Waals surface area contributed by atoms with Gasteiger partial charge in [-0.2, -0.15) is 0 Å². The van der Waals surface area contributed by atoms with Crippen LogP contribution in [0.15, 0.2) is 24.3 Å². The van der Waals surface area contributed by atoms with Crippen molar-refractivity contribution in [2.75, 3.05) is 6.54 Å². The summed E-state index contributed by atoms with van der Waals surface area (Å²) in [5.74, 6) is 0. The van der Waals surface area contributed by atoms with Gasteiger partial charge >= 0.3 is 6.09 Å². The molecule has 0 saturated carbocycles. The van der Waals surface area contributed by atoms with E-state index in [4.69, 9.17) is 4.74 Å². The van der Waals surface area contributed by atoms with E-state index in [0.29, 0.717) is 6.54 Å². The highest BCUT2D eigenvalue weighted by Crippen LogP contribution is 2.20. The van der Waals surface area contributed by atoms with Crippen LogP contribution < -0.4 is 0 Å². The molecule has 1 atom stereocenters. The van der Waals surface area contributed by atoms with Crippen LogP contribution in [0.5, 0.6) is 0 Å². The van der Waals surface area contributed by atoms with Gasteiger partial charge in [0.05, 0.1) is 6.04 Å². The molecule has 1 unspecified atom stereocenters. The molecular weight excluding hydrogens is 190 g/mol. The molecule has 3 heteroatoms. The van der Waals surface area contributed by atoms with Gasteiger partial charge in [0.1, 0.15) is 5.60 Å². The third-order valence-electron chi connectivity index (χ3n) is 2.19. The average Bonchev–Trinajstić information content (AvgIpc) is 2.43. The highest BCUT2D eigenvalue weighted by Gasteiger charge is 2.28. The summed E-state index contributed by atoms with van der Waals surface area (Å²) < 4.78 is 5.30. The van der Waals surface area contributed by atoms with Gasteiger partial charge in [-0.25, -0.2) is 4.79 Å². The van der Waals surface area contributed by atoms with Crippen molar-refractivity contribution >= 4 is 6.09 Å². The molecule has 0 radical (unpaired) electrons. The molecule has 1 aliphatic heterocycles. The summed E-state index contributed by atoms with van der Waals surface area (Å²) in [6.45, 7) is 11.9. The molecule has 0 aromatic carbocycles. The summed E-state index contributed by atoms with van der Waals surface area (Å²) in [5.41, 5.74) is 0.640. The van der Waals surface area contributed by atoms with E-state index in [0.717, 1.165) is 5.57 Å². The minimum Gasteiger partial charge on any atom is -0.444 e. The van der Waals surface area contributed by atoms with Crippen molar-refractivity contribution in [3.63, 3.8) is 0 Å². The monoisotopic (exact) mass is 209 g/mol. The molecule has 0 aliphatic carbocycles. The number of hydrogen-bond acceptors (Lipinski definition) is 2. The maximum Gasteiger partial charge on any atom is 0.411 e. The van der Waals surface area contributed by atoms with Gasteiger partial charge in [0.2, 0.25) is 0 Å². The predicted molar refractivity (Wildman–Crippen MR) is 60.7 cm³/mol. The van der Waals surface area contributed by atoms with Crippen LogP contribution in [-0.2, 0) is 4.74 Å². The molecule has 0 saturated heterocycles. The molecule has 3 nitrogen and oxygen atoms in total. The highest BCUT2D eigenvalue weighted by molar-refractivity contribution is 5.70. The first-order chi connectivity index (χ1) is 6.83. The van der Waals surface area contributed by atoms with E-state index >= 15 is 0 Å². The number of ether oxygens (including phenoxy) is 1. The molecule has 0 bridgehead atoms. The normalized spacial score (nSPS) is 21.2. The van der Waals surface area contributed by atoms with Gasteiger partial charge in [0.25, 0.3) is 0 Å². The minimum absolute atomic E-state index is 0.0906. The number of amides is 1. The van der Waals surface area contributed by atoms with Crippen LogP contribution in [0.25, 0.3) is 0 Å². The molecule has 0 spiro atoms. The zero-order valence-electron chi connectivity index (χ0n) is 9.91. The fraction of sp³-hybridized carbons (Fsp3) is 0.583. The molecule has 0 fully saturated rings. The Balaban J connectivity index is 2.61. The summed E-state index contributed by atoms with van der Waals surface area (Å²) in [4.78, 5) is 13.5. The summed E-state index contributed by atoms with van der Waals surface area (Å²) in [6.07, 6.45) is 3.54. The topological polar surface area (TPSA) is 29.5 Å². The maximum atomic E-state index is 11.8. The molecule has 1 aliphatic rings. The van der Waals surface area contributed by atoms with Crippen LogP contribution in [-0.4, -0.2) is 29.2 Å². The first-order valence-corrected chi connectivity index (χ1v) is 5.16. The second-order valence-electron chi connectivity index (χ2n) is 4.79. The van der Waals surface area contributed by atoms with Crippen LogP contribution in [0.1, 0.15) is 27.7 Å². The van der Waals surface area contributed by atoms with Crippen LogP contribution in [0.4, 0.5) is 4.79 Å². The Morgan fingerprint density at radius 3 is 2.67 bits per heavy atom. The van der Waals surface area contributed by atoms with Gasteiger partial charge in [0.15, 0.2) is 0 Å². The third kappa shape index (κ3) is 3.11. The number of nitrogens with zero attached hydrogens (tertiary/aromatic N) is 1. The van der Waals surface area contributed by atoms with Crippen molar-refractivity contribution < 1.29 is 9.53 Å². The molecule has 15 heavy (non-hydrogen) atoms. The lowest BCUT2D eigenvalue weighted by Gasteiger charge is -2.27. The Kier molecular flexibility index (Phi) is 3.22. The Morgan fingerprint density at radius 1 is 1.67 bits per heavy atom. The summed E-state index contributed by atoms with van der Waals surface area (Å²) >= 11 is 0. The number of hydrogen-bond donors (Lipinski definition) is 0.